The van der Waals surface area contributed by atoms with Gasteiger partial charge in [-0.2, -0.15) is 0 Å². The van der Waals surface area contributed by atoms with Crippen LogP contribution in [0.2, 0.25) is 0 Å². The summed E-state index contributed by atoms with van der Waals surface area (Å²) in [6, 6.07) is 9.14. The summed E-state index contributed by atoms with van der Waals surface area (Å²) < 4.78 is 0. The smallest absolute Gasteiger partial charge is 0.274 e. The van der Waals surface area contributed by atoms with Crippen LogP contribution in [0.3, 0.4) is 0 Å². The SMILES string of the molecule is CCCN(CCC)C/C(=N\O)C(=O)Nc1ccccc1. The Morgan fingerprint density at radius 1 is 1.20 bits per heavy atom. The van der Waals surface area contributed by atoms with E-state index in [-0.39, 0.29) is 11.6 Å². The maximum Gasteiger partial charge on any atom is 0.274 e. The van der Waals surface area contributed by atoms with Crippen LogP contribution in [0.1, 0.15) is 26.7 Å². The van der Waals surface area contributed by atoms with E-state index in [1.165, 1.54) is 0 Å². The molecule has 5 heteroatoms. The number of rotatable bonds is 8. The topological polar surface area (TPSA) is 64.9 Å². The summed E-state index contributed by atoms with van der Waals surface area (Å²) in [5.41, 5.74) is 0.826. The van der Waals surface area contributed by atoms with Crippen molar-refractivity contribution in [2.45, 2.75) is 26.7 Å². The number of para-hydroxylation sites is 1. The molecular formula is C15H23N3O2. The fourth-order valence-electron chi connectivity index (χ4n) is 1.99. The van der Waals surface area contributed by atoms with E-state index >= 15 is 0 Å². The zero-order chi connectivity index (χ0) is 14.8. The molecule has 2 N–H and O–H groups in total. The molecule has 0 aromatic heterocycles. The quantitative estimate of drug-likeness (QED) is 0.436. The van der Waals surface area contributed by atoms with Gasteiger partial charge in [0, 0.05) is 12.2 Å². The average molecular weight is 277 g/mol. The van der Waals surface area contributed by atoms with E-state index in [2.05, 4.69) is 29.2 Å². The first kappa shape index (κ1) is 16.2. The van der Waals surface area contributed by atoms with E-state index < -0.39 is 0 Å². The molecule has 0 radical (unpaired) electrons. The molecule has 0 fully saturated rings. The Balaban J connectivity index is 2.63. The van der Waals surface area contributed by atoms with Gasteiger partial charge in [-0.3, -0.25) is 9.69 Å². The number of oxime groups is 1. The minimum Gasteiger partial charge on any atom is -0.410 e. The summed E-state index contributed by atoms with van der Waals surface area (Å²) in [5.74, 6) is -0.365. The van der Waals surface area contributed by atoms with Gasteiger partial charge in [0.15, 0.2) is 5.71 Å². The van der Waals surface area contributed by atoms with E-state index in [0.717, 1.165) is 25.9 Å². The van der Waals surface area contributed by atoms with Gasteiger partial charge < -0.3 is 10.5 Å². The number of nitrogens with zero attached hydrogens (tertiary/aromatic N) is 2. The Bertz CT molecular complexity index is 426. The molecular weight excluding hydrogens is 254 g/mol. The predicted molar refractivity (Wildman–Crippen MR) is 81.3 cm³/mol. The van der Waals surface area contributed by atoms with Crippen molar-refractivity contribution in [3.8, 4) is 0 Å². The number of hydrogen-bond donors (Lipinski definition) is 2. The van der Waals surface area contributed by atoms with Gasteiger partial charge in [-0.15, -0.1) is 0 Å². The van der Waals surface area contributed by atoms with Gasteiger partial charge in [0.25, 0.3) is 5.91 Å². The molecule has 20 heavy (non-hydrogen) atoms. The van der Waals surface area contributed by atoms with Gasteiger partial charge in [0.1, 0.15) is 0 Å². The first-order chi connectivity index (χ1) is 9.71. The van der Waals surface area contributed by atoms with Gasteiger partial charge in [0.2, 0.25) is 0 Å². The molecule has 1 aromatic carbocycles. The van der Waals surface area contributed by atoms with E-state index in [9.17, 15) is 4.79 Å². The van der Waals surface area contributed by atoms with Gasteiger partial charge in [-0.05, 0) is 38.1 Å². The fourth-order valence-corrected chi connectivity index (χ4v) is 1.99. The molecule has 0 aliphatic carbocycles. The summed E-state index contributed by atoms with van der Waals surface area (Å²) in [5, 5.41) is 14.9. The molecule has 110 valence electrons. The summed E-state index contributed by atoms with van der Waals surface area (Å²) in [6.07, 6.45) is 2.00. The largest absolute Gasteiger partial charge is 0.410 e. The third-order valence-corrected chi connectivity index (χ3v) is 2.87. The third-order valence-electron chi connectivity index (χ3n) is 2.87. The van der Waals surface area contributed by atoms with Crippen LogP contribution < -0.4 is 5.32 Å². The number of amides is 1. The molecule has 5 nitrogen and oxygen atoms in total. The van der Waals surface area contributed by atoms with E-state index in [1.807, 2.05) is 18.2 Å². The van der Waals surface area contributed by atoms with E-state index in [4.69, 9.17) is 5.21 Å². The van der Waals surface area contributed by atoms with Crippen molar-refractivity contribution >= 4 is 17.3 Å². The maximum atomic E-state index is 12.1. The molecule has 1 rings (SSSR count). The van der Waals surface area contributed by atoms with Crippen LogP contribution in [0.5, 0.6) is 0 Å². The van der Waals surface area contributed by atoms with Crippen LogP contribution in [0.15, 0.2) is 35.5 Å². The molecule has 0 bridgehead atoms. The van der Waals surface area contributed by atoms with Gasteiger partial charge in [-0.1, -0.05) is 37.2 Å². The second kappa shape index (κ2) is 9.09. The molecule has 0 heterocycles. The molecule has 0 atom stereocenters. The molecule has 0 aliphatic heterocycles. The highest BCUT2D eigenvalue weighted by atomic mass is 16.4. The maximum absolute atomic E-state index is 12.1. The summed E-state index contributed by atoms with van der Waals surface area (Å²) in [7, 11) is 0. The Hall–Kier alpha value is -1.88. The monoisotopic (exact) mass is 277 g/mol. The van der Waals surface area contributed by atoms with Crippen LogP contribution in [-0.4, -0.2) is 41.4 Å². The highest BCUT2D eigenvalue weighted by molar-refractivity contribution is 6.43. The number of carbonyl (C=O) groups is 1. The zero-order valence-corrected chi connectivity index (χ0v) is 12.2. The molecule has 0 aliphatic rings. The lowest BCUT2D eigenvalue weighted by atomic mass is 10.2. The van der Waals surface area contributed by atoms with Gasteiger partial charge >= 0.3 is 0 Å². The number of hydrogen-bond acceptors (Lipinski definition) is 4. The van der Waals surface area contributed by atoms with Crippen molar-refractivity contribution in [2.24, 2.45) is 5.16 Å². The summed E-state index contributed by atoms with van der Waals surface area (Å²) in [6.45, 7) is 6.29. The van der Waals surface area contributed by atoms with Crippen molar-refractivity contribution in [3.05, 3.63) is 30.3 Å². The Kier molecular flexibility index (Phi) is 7.35. The molecule has 0 spiro atoms. The lowest BCUT2D eigenvalue weighted by Gasteiger charge is -2.20. The number of nitrogens with one attached hydrogen (secondary N) is 1. The van der Waals surface area contributed by atoms with Crippen molar-refractivity contribution in [1.82, 2.24) is 4.90 Å². The minimum atomic E-state index is -0.365. The standard InChI is InChI=1S/C15H23N3O2/c1-3-10-18(11-4-2)12-14(17-20)15(19)16-13-8-6-5-7-9-13/h5-9,20H,3-4,10-12H2,1-2H3,(H,16,19)/b17-14+. The number of anilines is 1. The fraction of sp³-hybridized carbons (Fsp3) is 0.467. The van der Waals surface area contributed by atoms with Crippen LogP contribution in [0.25, 0.3) is 0 Å². The number of carbonyl (C=O) groups excluding carboxylic acids is 1. The zero-order valence-electron chi connectivity index (χ0n) is 12.2. The molecule has 1 amide bonds. The molecule has 0 unspecified atom stereocenters. The van der Waals surface area contributed by atoms with Crippen molar-refractivity contribution in [2.75, 3.05) is 25.0 Å². The third kappa shape index (κ3) is 5.40. The lowest BCUT2D eigenvalue weighted by Crippen LogP contribution is -2.37. The van der Waals surface area contributed by atoms with E-state index in [0.29, 0.717) is 12.2 Å². The Morgan fingerprint density at radius 3 is 2.30 bits per heavy atom. The molecule has 1 aromatic rings. The van der Waals surface area contributed by atoms with Crippen molar-refractivity contribution < 1.29 is 10.0 Å². The van der Waals surface area contributed by atoms with Crippen molar-refractivity contribution in [1.29, 1.82) is 0 Å². The lowest BCUT2D eigenvalue weighted by molar-refractivity contribution is -0.110. The second-order valence-electron chi connectivity index (χ2n) is 4.64. The van der Waals surface area contributed by atoms with Gasteiger partial charge in [-0.25, -0.2) is 0 Å². The second-order valence-corrected chi connectivity index (χ2v) is 4.64. The van der Waals surface area contributed by atoms with E-state index in [1.54, 1.807) is 12.1 Å². The Morgan fingerprint density at radius 2 is 1.80 bits per heavy atom. The molecule has 0 saturated carbocycles. The van der Waals surface area contributed by atoms with Crippen molar-refractivity contribution in [3.63, 3.8) is 0 Å². The Labute approximate surface area is 120 Å². The highest BCUT2D eigenvalue weighted by Crippen LogP contribution is 2.05. The van der Waals surface area contributed by atoms with Crippen LogP contribution >= 0.6 is 0 Å². The summed E-state index contributed by atoms with van der Waals surface area (Å²) >= 11 is 0. The first-order valence-corrected chi connectivity index (χ1v) is 7.00. The minimum absolute atomic E-state index is 0.135. The van der Waals surface area contributed by atoms with Crippen LogP contribution in [0.4, 0.5) is 5.69 Å². The summed E-state index contributed by atoms with van der Waals surface area (Å²) in [4.78, 5) is 14.2. The highest BCUT2D eigenvalue weighted by Gasteiger charge is 2.16. The van der Waals surface area contributed by atoms with Crippen LogP contribution in [-0.2, 0) is 4.79 Å². The predicted octanol–water partition coefficient (Wildman–Crippen LogP) is 2.58. The first-order valence-electron chi connectivity index (χ1n) is 7.00. The normalized spacial score (nSPS) is 11.7. The molecule has 0 saturated heterocycles. The van der Waals surface area contributed by atoms with Crippen LogP contribution in [0, 0.1) is 0 Å². The number of benzene rings is 1. The van der Waals surface area contributed by atoms with Gasteiger partial charge in [0.05, 0.1) is 0 Å². The average Bonchev–Trinajstić information content (AvgIpc) is 2.46.